The molecular weight excluding hydrogens is 228 g/mol. The molecule has 0 aromatic carbocycles. The Balaban J connectivity index is 2.50. The van der Waals surface area contributed by atoms with Crippen LogP contribution in [0.3, 0.4) is 0 Å². The molecule has 0 atom stereocenters. The summed E-state index contributed by atoms with van der Waals surface area (Å²) in [5.41, 5.74) is 11.1. The normalized spacial score (nSPS) is 11.5. The van der Waals surface area contributed by atoms with E-state index in [9.17, 15) is 0 Å². The molecule has 0 saturated heterocycles. The molecule has 1 heterocycles. The Hall–Kier alpha value is -1.56. The summed E-state index contributed by atoms with van der Waals surface area (Å²) in [6.45, 7) is 10.5. The fraction of sp³-hybridized carbons (Fsp3) is 0.667. The first-order chi connectivity index (χ1) is 8.40. The van der Waals surface area contributed by atoms with E-state index in [4.69, 9.17) is 11.5 Å². The second-order valence-corrected chi connectivity index (χ2v) is 4.89. The van der Waals surface area contributed by atoms with E-state index in [0.29, 0.717) is 23.7 Å². The largest absolute Gasteiger partial charge is 0.383 e. The molecule has 0 amide bonds. The SMILES string of the molecule is CC(C)N(CCNc1cc(N)nc(N)n1)C(C)C. The molecule has 5 N–H and O–H groups in total. The van der Waals surface area contributed by atoms with Crippen molar-refractivity contribution in [3.63, 3.8) is 0 Å². The summed E-state index contributed by atoms with van der Waals surface area (Å²) in [5, 5.41) is 3.21. The highest BCUT2D eigenvalue weighted by molar-refractivity contribution is 5.48. The highest BCUT2D eigenvalue weighted by Gasteiger charge is 2.12. The minimum atomic E-state index is 0.196. The average molecular weight is 252 g/mol. The molecule has 0 aliphatic carbocycles. The van der Waals surface area contributed by atoms with Crippen LogP contribution in [0.5, 0.6) is 0 Å². The number of nitrogens with zero attached hydrogens (tertiary/aromatic N) is 3. The topological polar surface area (TPSA) is 93.1 Å². The molecule has 0 aliphatic rings. The summed E-state index contributed by atoms with van der Waals surface area (Å²) in [6, 6.07) is 2.73. The maximum absolute atomic E-state index is 5.61. The zero-order valence-corrected chi connectivity index (χ0v) is 11.6. The van der Waals surface area contributed by atoms with Crippen LogP contribution in [0.1, 0.15) is 27.7 Å². The van der Waals surface area contributed by atoms with E-state index in [1.807, 2.05) is 0 Å². The van der Waals surface area contributed by atoms with Gasteiger partial charge in [-0.2, -0.15) is 9.97 Å². The molecular formula is C12H24N6. The van der Waals surface area contributed by atoms with Crippen LogP contribution in [0.25, 0.3) is 0 Å². The Morgan fingerprint density at radius 3 is 2.28 bits per heavy atom. The third-order valence-corrected chi connectivity index (χ3v) is 2.77. The van der Waals surface area contributed by atoms with Crippen LogP contribution < -0.4 is 16.8 Å². The number of hydrogen-bond donors (Lipinski definition) is 3. The molecule has 0 unspecified atom stereocenters. The minimum Gasteiger partial charge on any atom is -0.383 e. The first-order valence-electron chi connectivity index (χ1n) is 6.29. The van der Waals surface area contributed by atoms with Crippen LogP contribution in [0.2, 0.25) is 0 Å². The number of nitrogens with one attached hydrogen (secondary N) is 1. The predicted molar refractivity (Wildman–Crippen MR) is 76.3 cm³/mol. The second-order valence-electron chi connectivity index (χ2n) is 4.89. The summed E-state index contributed by atoms with van der Waals surface area (Å²) >= 11 is 0. The van der Waals surface area contributed by atoms with Gasteiger partial charge in [-0.25, -0.2) is 0 Å². The van der Waals surface area contributed by atoms with Crippen molar-refractivity contribution in [3.8, 4) is 0 Å². The smallest absolute Gasteiger partial charge is 0.223 e. The lowest BCUT2D eigenvalue weighted by Gasteiger charge is -2.30. The highest BCUT2D eigenvalue weighted by atomic mass is 15.2. The van der Waals surface area contributed by atoms with E-state index in [-0.39, 0.29) is 5.95 Å². The van der Waals surface area contributed by atoms with Crippen molar-refractivity contribution >= 4 is 17.6 Å². The Morgan fingerprint density at radius 2 is 1.78 bits per heavy atom. The third kappa shape index (κ3) is 4.37. The quantitative estimate of drug-likeness (QED) is 0.704. The molecule has 0 bridgehead atoms. The first-order valence-corrected chi connectivity index (χ1v) is 6.29. The molecule has 0 aliphatic heterocycles. The van der Waals surface area contributed by atoms with E-state index in [0.717, 1.165) is 13.1 Å². The lowest BCUT2D eigenvalue weighted by Crippen LogP contribution is -2.40. The third-order valence-electron chi connectivity index (χ3n) is 2.77. The summed E-state index contributed by atoms with van der Waals surface area (Å²) in [6.07, 6.45) is 0. The first kappa shape index (κ1) is 14.5. The Bertz CT molecular complexity index is 349. The Kier molecular flexibility index (Phi) is 5.15. The summed E-state index contributed by atoms with van der Waals surface area (Å²) < 4.78 is 0. The maximum Gasteiger partial charge on any atom is 0.223 e. The predicted octanol–water partition coefficient (Wildman–Crippen LogP) is 1.17. The Morgan fingerprint density at radius 1 is 1.17 bits per heavy atom. The number of hydrogen-bond acceptors (Lipinski definition) is 6. The van der Waals surface area contributed by atoms with Crippen molar-refractivity contribution in [2.24, 2.45) is 0 Å². The number of rotatable bonds is 6. The van der Waals surface area contributed by atoms with Gasteiger partial charge in [0.15, 0.2) is 0 Å². The molecule has 1 aromatic rings. The van der Waals surface area contributed by atoms with E-state index in [2.05, 4.69) is 47.9 Å². The highest BCUT2D eigenvalue weighted by Crippen LogP contribution is 2.09. The van der Waals surface area contributed by atoms with Gasteiger partial charge in [-0.1, -0.05) is 0 Å². The van der Waals surface area contributed by atoms with Gasteiger partial charge in [-0.3, -0.25) is 4.90 Å². The van der Waals surface area contributed by atoms with Crippen LogP contribution >= 0.6 is 0 Å². The summed E-state index contributed by atoms with van der Waals surface area (Å²) in [7, 11) is 0. The van der Waals surface area contributed by atoms with E-state index < -0.39 is 0 Å². The summed E-state index contributed by atoms with van der Waals surface area (Å²) in [5.74, 6) is 1.25. The number of nitrogen functional groups attached to an aromatic ring is 2. The van der Waals surface area contributed by atoms with Crippen LogP contribution in [-0.2, 0) is 0 Å². The maximum atomic E-state index is 5.61. The van der Waals surface area contributed by atoms with Crippen LogP contribution in [0.15, 0.2) is 6.07 Å². The van der Waals surface area contributed by atoms with Gasteiger partial charge in [0.25, 0.3) is 0 Å². The van der Waals surface area contributed by atoms with Crippen LogP contribution in [-0.4, -0.2) is 40.0 Å². The average Bonchev–Trinajstić information content (AvgIpc) is 2.21. The van der Waals surface area contributed by atoms with E-state index >= 15 is 0 Å². The molecule has 6 nitrogen and oxygen atoms in total. The summed E-state index contributed by atoms with van der Waals surface area (Å²) in [4.78, 5) is 10.3. The van der Waals surface area contributed by atoms with Gasteiger partial charge in [0, 0.05) is 31.2 Å². The number of aromatic nitrogens is 2. The monoisotopic (exact) mass is 252 g/mol. The van der Waals surface area contributed by atoms with Gasteiger partial charge in [0.2, 0.25) is 5.95 Å². The van der Waals surface area contributed by atoms with Crippen molar-refractivity contribution in [2.75, 3.05) is 29.9 Å². The van der Waals surface area contributed by atoms with Crippen molar-refractivity contribution in [1.82, 2.24) is 14.9 Å². The van der Waals surface area contributed by atoms with Gasteiger partial charge < -0.3 is 16.8 Å². The minimum absolute atomic E-state index is 0.196. The fourth-order valence-electron chi connectivity index (χ4n) is 2.00. The van der Waals surface area contributed by atoms with Gasteiger partial charge in [-0.15, -0.1) is 0 Å². The van der Waals surface area contributed by atoms with Gasteiger partial charge in [0.1, 0.15) is 11.6 Å². The van der Waals surface area contributed by atoms with Gasteiger partial charge in [-0.05, 0) is 27.7 Å². The molecule has 0 spiro atoms. The lowest BCUT2D eigenvalue weighted by molar-refractivity contribution is 0.182. The molecule has 0 radical (unpaired) electrons. The standard InChI is InChI=1S/C12H24N6/c1-8(2)18(9(3)4)6-5-15-11-7-10(13)16-12(14)17-11/h7-9H,5-6H2,1-4H3,(H5,13,14,15,16,17). The van der Waals surface area contributed by atoms with Crippen molar-refractivity contribution in [3.05, 3.63) is 6.07 Å². The van der Waals surface area contributed by atoms with Crippen molar-refractivity contribution in [2.45, 2.75) is 39.8 Å². The zero-order valence-electron chi connectivity index (χ0n) is 11.6. The van der Waals surface area contributed by atoms with Gasteiger partial charge >= 0.3 is 0 Å². The lowest BCUT2D eigenvalue weighted by atomic mass is 10.2. The second kappa shape index (κ2) is 6.39. The van der Waals surface area contributed by atoms with Crippen LogP contribution in [0, 0.1) is 0 Å². The van der Waals surface area contributed by atoms with E-state index in [1.165, 1.54) is 0 Å². The number of nitrogens with two attached hydrogens (primary N) is 2. The molecule has 0 fully saturated rings. The molecule has 102 valence electrons. The molecule has 18 heavy (non-hydrogen) atoms. The Labute approximate surface area is 109 Å². The molecule has 1 aromatic heterocycles. The molecule has 1 rings (SSSR count). The molecule has 6 heteroatoms. The fourth-order valence-corrected chi connectivity index (χ4v) is 2.00. The van der Waals surface area contributed by atoms with Crippen LogP contribution in [0.4, 0.5) is 17.6 Å². The van der Waals surface area contributed by atoms with E-state index in [1.54, 1.807) is 6.07 Å². The number of anilines is 3. The van der Waals surface area contributed by atoms with Gasteiger partial charge in [0.05, 0.1) is 0 Å². The van der Waals surface area contributed by atoms with Crippen molar-refractivity contribution < 1.29 is 0 Å². The zero-order chi connectivity index (χ0) is 13.7. The molecule has 0 saturated carbocycles. The van der Waals surface area contributed by atoms with Crippen molar-refractivity contribution in [1.29, 1.82) is 0 Å².